The summed E-state index contributed by atoms with van der Waals surface area (Å²) in [6.07, 6.45) is 1.24. The maximum Gasteiger partial charge on any atom is 0.409 e. The van der Waals surface area contributed by atoms with Crippen LogP contribution >= 0.6 is 0 Å². The van der Waals surface area contributed by atoms with Crippen LogP contribution in [0.15, 0.2) is 0 Å². The standard InChI is InChI=1S/C21H43N3O6/c1-4-29-17-19(25)15-22-9-6-10-23(16-20(26)18-30-5-2)12-8-14-24(13-7-11-22)21(27)28-3/h19-20,25-26H,4-18H2,1-3H3. The summed E-state index contributed by atoms with van der Waals surface area (Å²) in [7, 11) is 1.41. The van der Waals surface area contributed by atoms with E-state index >= 15 is 0 Å². The second kappa shape index (κ2) is 16.7. The Labute approximate surface area is 181 Å². The van der Waals surface area contributed by atoms with E-state index in [0.717, 1.165) is 45.4 Å². The summed E-state index contributed by atoms with van der Waals surface area (Å²) in [4.78, 5) is 18.3. The van der Waals surface area contributed by atoms with Gasteiger partial charge in [-0.25, -0.2) is 4.79 Å². The average Bonchev–Trinajstić information content (AvgIpc) is 2.73. The van der Waals surface area contributed by atoms with Crippen molar-refractivity contribution in [2.45, 2.75) is 45.3 Å². The van der Waals surface area contributed by atoms with Gasteiger partial charge in [0.1, 0.15) is 0 Å². The fourth-order valence-corrected chi connectivity index (χ4v) is 3.71. The molecule has 1 aliphatic rings. The zero-order valence-electron chi connectivity index (χ0n) is 19.1. The van der Waals surface area contributed by atoms with Crippen LogP contribution in [0.4, 0.5) is 4.79 Å². The van der Waals surface area contributed by atoms with Gasteiger partial charge in [0, 0.05) is 39.4 Å². The lowest BCUT2D eigenvalue weighted by Crippen LogP contribution is -2.42. The highest BCUT2D eigenvalue weighted by Crippen LogP contribution is 2.07. The lowest BCUT2D eigenvalue weighted by atomic mass is 10.2. The third-order valence-corrected chi connectivity index (χ3v) is 5.15. The predicted octanol–water partition coefficient (Wildman–Crippen LogP) is 0.638. The van der Waals surface area contributed by atoms with Crippen LogP contribution in [0.1, 0.15) is 33.1 Å². The van der Waals surface area contributed by atoms with E-state index in [1.807, 2.05) is 13.8 Å². The highest BCUT2D eigenvalue weighted by Gasteiger charge is 2.19. The Bertz CT molecular complexity index is 413. The summed E-state index contributed by atoms with van der Waals surface area (Å²) in [5.41, 5.74) is 0. The first-order valence-electron chi connectivity index (χ1n) is 11.3. The van der Waals surface area contributed by atoms with Crippen LogP contribution in [0.5, 0.6) is 0 Å². The topological polar surface area (TPSA) is 94.9 Å². The molecule has 30 heavy (non-hydrogen) atoms. The van der Waals surface area contributed by atoms with Crippen LogP contribution < -0.4 is 0 Å². The highest BCUT2D eigenvalue weighted by atomic mass is 16.5. The van der Waals surface area contributed by atoms with Gasteiger partial charge in [-0.2, -0.15) is 0 Å². The van der Waals surface area contributed by atoms with Crippen molar-refractivity contribution in [3.05, 3.63) is 0 Å². The Morgan fingerprint density at radius 2 is 1.20 bits per heavy atom. The Balaban J connectivity index is 2.70. The maximum atomic E-state index is 12.1. The van der Waals surface area contributed by atoms with Gasteiger partial charge in [-0.3, -0.25) is 0 Å². The first-order valence-corrected chi connectivity index (χ1v) is 11.3. The van der Waals surface area contributed by atoms with Crippen LogP contribution in [0.3, 0.4) is 0 Å². The van der Waals surface area contributed by atoms with Crippen molar-refractivity contribution < 1.29 is 29.2 Å². The van der Waals surface area contributed by atoms with Crippen LogP contribution in [-0.4, -0.2) is 129 Å². The van der Waals surface area contributed by atoms with Crippen molar-refractivity contribution in [2.24, 2.45) is 0 Å². The van der Waals surface area contributed by atoms with E-state index in [9.17, 15) is 15.0 Å². The summed E-state index contributed by atoms with van der Waals surface area (Å²) in [5, 5.41) is 20.5. The maximum absolute atomic E-state index is 12.1. The van der Waals surface area contributed by atoms with Crippen molar-refractivity contribution in [3.63, 3.8) is 0 Å². The molecule has 178 valence electrons. The fraction of sp³-hybridized carbons (Fsp3) is 0.952. The predicted molar refractivity (Wildman–Crippen MR) is 116 cm³/mol. The number of rotatable bonds is 10. The molecule has 9 heteroatoms. The molecule has 1 amide bonds. The number of nitrogens with zero attached hydrogens (tertiary/aromatic N) is 3. The largest absolute Gasteiger partial charge is 0.453 e. The molecule has 2 unspecified atom stereocenters. The smallest absolute Gasteiger partial charge is 0.409 e. The molecule has 0 bridgehead atoms. The molecule has 0 spiro atoms. The molecule has 1 rings (SSSR count). The number of carbonyl (C=O) groups excluding carboxylic acids is 1. The van der Waals surface area contributed by atoms with Crippen molar-refractivity contribution in [3.8, 4) is 0 Å². The average molecular weight is 434 g/mol. The first kappa shape index (κ1) is 27.1. The van der Waals surface area contributed by atoms with Crippen molar-refractivity contribution >= 4 is 6.09 Å². The lowest BCUT2D eigenvalue weighted by Gasteiger charge is -2.31. The monoisotopic (exact) mass is 433 g/mol. The minimum atomic E-state index is -0.529. The number of aliphatic hydroxyl groups is 2. The van der Waals surface area contributed by atoms with Crippen molar-refractivity contribution in [1.82, 2.24) is 14.7 Å². The molecule has 2 N–H and O–H groups in total. The fourth-order valence-electron chi connectivity index (χ4n) is 3.71. The van der Waals surface area contributed by atoms with Gasteiger partial charge in [0.2, 0.25) is 0 Å². The quantitative estimate of drug-likeness (QED) is 0.518. The van der Waals surface area contributed by atoms with Crippen molar-refractivity contribution in [1.29, 1.82) is 0 Å². The number of carbonyl (C=O) groups is 1. The van der Waals surface area contributed by atoms with E-state index < -0.39 is 12.2 Å². The second-order valence-electron chi connectivity index (χ2n) is 7.75. The zero-order chi connectivity index (χ0) is 22.2. The van der Waals surface area contributed by atoms with Gasteiger partial charge in [-0.1, -0.05) is 0 Å². The Kier molecular flexibility index (Phi) is 15.1. The summed E-state index contributed by atoms with van der Waals surface area (Å²) in [6.45, 7) is 11.3. The van der Waals surface area contributed by atoms with Gasteiger partial charge < -0.3 is 39.1 Å². The molecule has 0 saturated carbocycles. The number of ether oxygens (including phenoxy) is 3. The zero-order valence-corrected chi connectivity index (χ0v) is 19.1. The molecule has 1 aliphatic heterocycles. The highest BCUT2D eigenvalue weighted by molar-refractivity contribution is 5.67. The summed E-state index contributed by atoms with van der Waals surface area (Å²) < 4.78 is 15.6. The van der Waals surface area contributed by atoms with Gasteiger partial charge in [-0.15, -0.1) is 0 Å². The molecule has 0 aromatic heterocycles. The molecule has 0 aromatic rings. The molecule has 2 atom stereocenters. The molecule has 0 radical (unpaired) electrons. The van der Waals surface area contributed by atoms with Gasteiger partial charge >= 0.3 is 6.09 Å². The van der Waals surface area contributed by atoms with Crippen LogP contribution in [0, 0.1) is 0 Å². The van der Waals surface area contributed by atoms with E-state index in [1.165, 1.54) is 7.11 Å². The van der Waals surface area contributed by atoms with Gasteiger partial charge in [-0.05, 0) is 59.3 Å². The Morgan fingerprint density at radius 1 is 0.800 bits per heavy atom. The number of hydrogen-bond acceptors (Lipinski definition) is 8. The van der Waals surface area contributed by atoms with E-state index in [0.29, 0.717) is 52.6 Å². The molecule has 1 fully saturated rings. The van der Waals surface area contributed by atoms with E-state index in [4.69, 9.17) is 14.2 Å². The lowest BCUT2D eigenvalue weighted by molar-refractivity contribution is 0.0140. The summed E-state index contributed by atoms with van der Waals surface area (Å²) in [6, 6.07) is 0. The molecule has 1 saturated heterocycles. The normalized spacial score (nSPS) is 20.2. The molecule has 0 aliphatic carbocycles. The third-order valence-electron chi connectivity index (χ3n) is 5.15. The summed E-state index contributed by atoms with van der Waals surface area (Å²) >= 11 is 0. The molecule has 1 heterocycles. The summed E-state index contributed by atoms with van der Waals surface area (Å²) in [5.74, 6) is 0. The minimum Gasteiger partial charge on any atom is -0.453 e. The van der Waals surface area contributed by atoms with E-state index in [1.54, 1.807) is 4.90 Å². The molecule has 0 aromatic carbocycles. The van der Waals surface area contributed by atoms with Crippen molar-refractivity contribution in [2.75, 3.05) is 85.9 Å². The Hall–Kier alpha value is -0.970. The first-order chi connectivity index (χ1) is 14.5. The second-order valence-corrected chi connectivity index (χ2v) is 7.75. The van der Waals surface area contributed by atoms with E-state index in [2.05, 4.69) is 9.80 Å². The van der Waals surface area contributed by atoms with Crippen LogP contribution in [0.25, 0.3) is 0 Å². The van der Waals surface area contributed by atoms with Gasteiger partial charge in [0.15, 0.2) is 0 Å². The number of β-amino-alcohol motifs (C(OH)–C–C–N with tert-alkyl or cyclic N) is 2. The number of methoxy groups -OCH3 is 1. The Morgan fingerprint density at radius 3 is 1.57 bits per heavy atom. The molecular weight excluding hydrogens is 390 g/mol. The minimum absolute atomic E-state index is 0.307. The molecular formula is C21H43N3O6. The SMILES string of the molecule is CCOCC(O)CN1CCCN(CC(O)COCC)CCCN(C(=O)OC)CCC1. The van der Waals surface area contributed by atoms with Gasteiger partial charge in [0.05, 0.1) is 32.5 Å². The number of amides is 1. The molecule has 9 nitrogen and oxygen atoms in total. The van der Waals surface area contributed by atoms with Crippen LogP contribution in [0.2, 0.25) is 0 Å². The number of aliphatic hydroxyl groups excluding tert-OH is 2. The van der Waals surface area contributed by atoms with Crippen LogP contribution in [-0.2, 0) is 14.2 Å². The third kappa shape index (κ3) is 12.0. The van der Waals surface area contributed by atoms with E-state index in [-0.39, 0.29) is 6.09 Å². The number of hydrogen-bond donors (Lipinski definition) is 2. The van der Waals surface area contributed by atoms with Gasteiger partial charge in [0.25, 0.3) is 0 Å².